The lowest BCUT2D eigenvalue weighted by molar-refractivity contribution is -0.120. The Labute approximate surface area is 208 Å². The van der Waals surface area contributed by atoms with E-state index in [1.54, 1.807) is 23.0 Å². The Morgan fingerprint density at radius 3 is 2.49 bits per heavy atom. The topological polar surface area (TPSA) is 102 Å². The number of aromatic nitrogens is 2. The van der Waals surface area contributed by atoms with Crippen molar-refractivity contribution in [3.63, 3.8) is 0 Å². The molecule has 1 heterocycles. The number of nitrogens with two attached hydrogens (primary N) is 1. The summed E-state index contributed by atoms with van der Waals surface area (Å²) in [6.45, 7) is 5.22. The van der Waals surface area contributed by atoms with E-state index in [1.165, 1.54) is 0 Å². The first-order valence-corrected chi connectivity index (χ1v) is 10.9. The Bertz CT molecular complexity index is 1200. The first-order valence-electron chi connectivity index (χ1n) is 10.9. The summed E-state index contributed by atoms with van der Waals surface area (Å²) < 4.78 is 35.1. The van der Waals surface area contributed by atoms with Crippen LogP contribution in [0.2, 0.25) is 0 Å². The molecule has 1 unspecified atom stereocenters. The molecule has 0 saturated heterocycles. The molecule has 0 fully saturated rings. The van der Waals surface area contributed by atoms with Crippen LogP contribution in [0.4, 0.5) is 8.78 Å². The Morgan fingerprint density at radius 2 is 1.89 bits per heavy atom. The van der Waals surface area contributed by atoms with E-state index in [1.807, 2.05) is 32.8 Å². The number of fused-ring (bicyclic) bond motifs is 1. The summed E-state index contributed by atoms with van der Waals surface area (Å²) in [6, 6.07) is 5.13. The van der Waals surface area contributed by atoms with Crippen molar-refractivity contribution in [2.75, 3.05) is 20.6 Å². The van der Waals surface area contributed by atoms with Crippen molar-refractivity contribution in [3.8, 4) is 11.5 Å². The molecule has 3 aromatic rings. The molecule has 35 heavy (non-hydrogen) atoms. The SMILES string of the molecule is CC(C)Cn1ncc2cc(Oc3ccc(F)cc3F)c(C(=O)NC(CCN(C)C)C(N)=O)cc21.Cl. The number of rotatable bonds is 10. The minimum atomic E-state index is -0.915. The normalized spacial score (nSPS) is 12.0. The van der Waals surface area contributed by atoms with E-state index in [0.29, 0.717) is 42.4 Å². The maximum Gasteiger partial charge on any atom is 0.255 e. The number of benzene rings is 2. The van der Waals surface area contributed by atoms with Crippen LogP contribution in [-0.4, -0.2) is 53.2 Å². The van der Waals surface area contributed by atoms with Crippen LogP contribution < -0.4 is 15.8 Å². The van der Waals surface area contributed by atoms with Crippen LogP contribution in [0.3, 0.4) is 0 Å². The molecule has 3 rings (SSSR count). The fraction of sp³-hybridized carbons (Fsp3) is 0.375. The van der Waals surface area contributed by atoms with Gasteiger partial charge >= 0.3 is 0 Å². The second-order valence-corrected chi connectivity index (χ2v) is 8.82. The second kappa shape index (κ2) is 11.9. The van der Waals surface area contributed by atoms with Gasteiger partial charge < -0.3 is 20.7 Å². The van der Waals surface area contributed by atoms with Crippen LogP contribution in [0.5, 0.6) is 11.5 Å². The third-order valence-corrected chi connectivity index (χ3v) is 5.15. The predicted octanol–water partition coefficient (Wildman–Crippen LogP) is 3.72. The Hall–Kier alpha value is -3.24. The van der Waals surface area contributed by atoms with Crippen molar-refractivity contribution in [1.29, 1.82) is 0 Å². The van der Waals surface area contributed by atoms with Gasteiger partial charge in [0.05, 0.1) is 17.3 Å². The number of primary amides is 1. The monoisotopic (exact) mass is 509 g/mol. The number of amides is 2. The summed E-state index contributed by atoms with van der Waals surface area (Å²) in [5, 5.41) is 7.70. The molecule has 0 aliphatic carbocycles. The van der Waals surface area contributed by atoms with E-state index < -0.39 is 29.5 Å². The van der Waals surface area contributed by atoms with Crippen LogP contribution in [-0.2, 0) is 11.3 Å². The molecular formula is C24H30ClF2N5O3. The van der Waals surface area contributed by atoms with Crippen molar-refractivity contribution in [1.82, 2.24) is 20.0 Å². The van der Waals surface area contributed by atoms with Gasteiger partial charge in [-0.2, -0.15) is 5.10 Å². The minimum Gasteiger partial charge on any atom is -0.453 e. The van der Waals surface area contributed by atoms with Crippen LogP contribution in [0.15, 0.2) is 36.5 Å². The first-order chi connectivity index (χ1) is 16.0. The van der Waals surface area contributed by atoms with Crippen molar-refractivity contribution >= 4 is 35.1 Å². The summed E-state index contributed by atoms with van der Waals surface area (Å²) >= 11 is 0. The highest BCUT2D eigenvalue weighted by Gasteiger charge is 2.23. The van der Waals surface area contributed by atoms with E-state index in [-0.39, 0.29) is 29.5 Å². The van der Waals surface area contributed by atoms with Crippen LogP contribution in [0, 0.1) is 17.6 Å². The lowest BCUT2D eigenvalue weighted by Crippen LogP contribution is -2.45. The van der Waals surface area contributed by atoms with Gasteiger partial charge in [-0.15, -0.1) is 12.4 Å². The summed E-state index contributed by atoms with van der Waals surface area (Å²) in [7, 11) is 3.68. The van der Waals surface area contributed by atoms with Gasteiger partial charge in [0.25, 0.3) is 5.91 Å². The number of ether oxygens (including phenoxy) is 1. The molecular weight excluding hydrogens is 480 g/mol. The number of hydrogen-bond acceptors (Lipinski definition) is 5. The van der Waals surface area contributed by atoms with E-state index >= 15 is 0 Å². The number of halogens is 3. The van der Waals surface area contributed by atoms with Crippen LogP contribution >= 0.6 is 12.4 Å². The summed E-state index contributed by atoms with van der Waals surface area (Å²) in [6.07, 6.45) is 1.93. The second-order valence-electron chi connectivity index (χ2n) is 8.82. The van der Waals surface area contributed by atoms with Gasteiger partial charge in [0, 0.05) is 18.0 Å². The zero-order valence-electron chi connectivity index (χ0n) is 20.0. The fourth-order valence-corrected chi connectivity index (χ4v) is 3.44. The van der Waals surface area contributed by atoms with Crippen molar-refractivity contribution in [2.45, 2.75) is 32.9 Å². The first kappa shape index (κ1) is 28.0. The summed E-state index contributed by atoms with van der Waals surface area (Å²) in [5.41, 5.74) is 6.24. The average molecular weight is 510 g/mol. The van der Waals surface area contributed by atoms with Crippen molar-refractivity contribution in [3.05, 3.63) is 53.7 Å². The molecule has 0 aliphatic heterocycles. The standard InChI is InChI=1S/C24H29F2N5O3.ClH/c1-14(2)13-31-20-11-17(24(33)29-19(23(27)32)7-8-30(3)4)22(9-15(20)12-28-31)34-21-6-5-16(25)10-18(21)26;/h5-6,9-12,14,19H,7-8,13H2,1-4H3,(H2,27,32)(H,29,33);1H. The summed E-state index contributed by atoms with van der Waals surface area (Å²) in [4.78, 5) is 27.1. The van der Waals surface area contributed by atoms with Crippen molar-refractivity contribution < 1.29 is 23.1 Å². The van der Waals surface area contributed by atoms with Gasteiger partial charge in [-0.25, -0.2) is 8.78 Å². The molecule has 190 valence electrons. The van der Waals surface area contributed by atoms with E-state index in [0.717, 1.165) is 12.1 Å². The highest BCUT2D eigenvalue weighted by Crippen LogP contribution is 2.32. The third kappa shape index (κ3) is 7.12. The number of carbonyl (C=O) groups excluding carboxylic acids is 2. The lowest BCUT2D eigenvalue weighted by Gasteiger charge is -2.19. The Morgan fingerprint density at radius 1 is 1.17 bits per heavy atom. The number of carbonyl (C=O) groups is 2. The van der Waals surface area contributed by atoms with Gasteiger partial charge in [0.2, 0.25) is 5.91 Å². The van der Waals surface area contributed by atoms with E-state index in [2.05, 4.69) is 10.4 Å². The molecule has 2 aromatic carbocycles. The van der Waals surface area contributed by atoms with E-state index in [4.69, 9.17) is 10.5 Å². The lowest BCUT2D eigenvalue weighted by atomic mass is 10.1. The number of nitrogens with zero attached hydrogens (tertiary/aromatic N) is 3. The molecule has 8 nitrogen and oxygen atoms in total. The molecule has 1 atom stereocenters. The molecule has 1 aromatic heterocycles. The molecule has 2 amide bonds. The van der Waals surface area contributed by atoms with Gasteiger partial charge in [-0.1, -0.05) is 13.8 Å². The molecule has 0 radical (unpaired) electrons. The average Bonchev–Trinajstić information content (AvgIpc) is 3.12. The minimum absolute atomic E-state index is 0. The van der Waals surface area contributed by atoms with Crippen LogP contribution in [0.25, 0.3) is 10.9 Å². The molecule has 0 saturated carbocycles. The molecule has 3 N–H and O–H groups in total. The quantitative estimate of drug-likeness (QED) is 0.433. The number of nitrogens with one attached hydrogen (secondary N) is 1. The molecule has 11 heteroatoms. The molecule has 0 aliphatic rings. The van der Waals surface area contributed by atoms with E-state index in [9.17, 15) is 18.4 Å². The third-order valence-electron chi connectivity index (χ3n) is 5.15. The number of hydrogen-bond donors (Lipinski definition) is 2. The van der Waals surface area contributed by atoms with Gasteiger partial charge in [-0.05, 0) is 57.2 Å². The Kier molecular flexibility index (Phi) is 9.55. The van der Waals surface area contributed by atoms with Gasteiger partial charge in [-0.3, -0.25) is 14.3 Å². The smallest absolute Gasteiger partial charge is 0.255 e. The highest BCUT2D eigenvalue weighted by molar-refractivity contribution is 6.02. The molecule has 0 spiro atoms. The van der Waals surface area contributed by atoms with Crippen molar-refractivity contribution in [2.24, 2.45) is 11.7 Å². The maximum atomic E-state index is 14.3. The predicted molar refractivity (Wildman–Crippen MR) is 132 cm³/mol. The van der Waals surface area contributed by atoms with Crippen LogP contribution in [0.1, 0.15) is 30.6 Å². The largest absolute Gasteiger partial charge is 0.453 e. The maximum absolute atomic E-state index is 14.3. The van der Waals surface area contributed by atoms with Gasteiger partial charge in [0.1, 0.15) is 17.6 Å². The fourth-order valence-electron chi connectivity index (χ4n) is 3.44. The zero-order chi connectivity index (χ0) is 25.0. The molecule has 0 bridgehead atoms. The summed E-state index contributed by atoms with van der Waals surface area (Å²) in [5.74, 6) is -2.86. The highest BCUT2D eigenvalue weighted by atomic mass is 35.5. The zero-order valence-corrected chi connectivity index (χ0v) is 20.9. The van der Waals surface area contributed by atoms with Gasteiger partial charge in [0.15, 0.2) is 11.6 Å². The Balaban J connectivity index is 0.00000432.